The molecule has 0 radical (unpaired) electrons. The Morgan fingerprint density at radius 3 is 2.24 bits per heavy atom. The lowest BCUT2D eigenvalue weighted by molar-refractivity contribution is 0.0696. The van der Waals surface area contributed by atoms with Gasteiger partial charge < -0.3 is 20.4 Å². The number of aromatic nitrogens is 3. The molecule has 0 unspecified atom stereocenters. The van der Waals surface area contributed by atoms with Crippen molar-refractivity contribution in [2.75, 3.05) is 0 Å². The number of nitrogens with one attached hydrogen (secondary N) is 1. The highest BCUT2D eigenvalue weighted by molar-refractivity contribution is 5.89. The Bertz CT molecular complexity index is 731. The van der Waals surface area contributed by atoms with E-state index >= 15 is 0 Å². The van der Waals surface area contributed by atoms with Gasteiger partial charge in [-0.15, -0.1) is 5.10 Å². The summed E-state index contributed by atoms with van der Waals surface area (Å²) in [7, 11) is 0. The summed E-state index contributed by atoms with van der Waals surface area (Å²) in [5.41, 5.74) is 1.61. The Hall–Kier alpha value is -3.29. The van der Waals surface area contributed by atoms with Crippen LogP contribution in [0, 0.1) is 0 Å². The summed E-state index contributed by atoms with van der Waals surface area (Å²) in [4.78, 5) is 10.3. The maximum Gasteiger partial charge on any atom is 0.335 e. The highest BCUT2D eigenvalue weighted by atomic mass is 16.4. The fraction of sp³-hybridized carbons (Fsp3) is 0. The summed E-state index contributed by atoms with van der Waals surface area (Å²) in [6.07, 6.45) is 0. The lowest BCUT2D eigenvalue weighted by Gasteiger charge is -2.01. The second-order valence-corrected chi connectivity index (χ2v) is 4.00. The summed E-state index contributed by atoms with van der Waals surface area (Å²) >= 11 is 0. The van der Waals surface area contributed by atoms with Crippen LogP contribution in [0.4, 0.5) is 0 Å². The van der Waals surface area contributed by atoms with Crippen molar-refractivity contribution in [1.29, 1.82) is 0 Å². The maximum atomic E-state index is 10.3. The molecule has 2 aromatic carbocycles. The van der Waals surface area contributed by atoms with E-state index in [-0.39, 0.29) is 5.56 Å². The Morgan fingerprint density at radius 1 is 1.05 bits per heavy atom. The number of hydrogen-bond acceptors (Lipinski definition) is 6. The first-order chi connectivity index (χ1) is 9.99. The average molecular weight is 289 g/mol. The molecular weight excluding hydrogens is 278 g/mol. The first-order valence-corrected chi connectivity index (χ1v) is 5.73. The number of hydrogen-bond donors (Lipinski definition) is 5. The van der Waals surface area contributed by atoms with Crippen LogP contribution < -0.4 is 0 Å². The van der Waals surface area contributed by atoms with Gasteiger partial charge in [-0.3, -0.25) is 5.10 Å². The number of aromatic carboxylic acids is 1. The number of carbonyl (C=O) groups is 1. The summed E-state index contributed by atoms with van der Waals surface area (Å²) in [6, 6.07) is 9.43. The molecule has 8 heteroatoms. The summed E-state index contributed by atoms with van der Waals surface area (Å²) in [5, 5.41) is 45.2. The van der Waals surface area contributed by atoms with Gasteiger partial charge in [0.15, 0.2) is 17.2 Å². The number of phenols is 3. The van der Waals surface area contributed by atoms with Crippen molar-refractivity contribution in [2.45, 2.75) is 0 Å². The summed E-state index contributed by atoms with van der Waals surface area (Å²) in [5.74, 6) is -3.33. The molecule has 0 aliphatic carbocycles. The van der Waals surface area contributed by atoms with E-state index in [2.05, 4.69) is 15.4 Å². The zero-order valence-corrected chi connectivity index (χ0v) is 10.6. The molecule has 0 saturated heterocycles. The third-order valence-corrected chi connectivity index (χ3v) is 2.55. The second kappa shape index (κ2) is 5.78. The van der Waals surface area contributed by atoms with E-state index in [1.807, 2.05) is 24.3 Å². The Balaban J connectivity index is 0.000000159. The first-order valence-electron chi connectivity index (χ1n) is 5.73. The van der Waals surface area contributed by atoms with Crippen LogP contribution >= 0.6 is 0 Å². The van der Waals surface area contributed by atoms with Gasteiger partial charge >= 0.3 is 5.97 Å². The quantitative estimate of drug-likeness (QED) is 0.427. The zero-order chi connectivity index (χ0) is 15.4. The van der Waals surface area contributed by atoms with Gasteiger partial charge in [0.1, 0.15) is 5.52 Å². The van der Waals surface area contributed by atoms with E-state index in [0.717, 1.165) is 23.2 Å². The minimum atomic E-state index is -1.29. The third kappa shape index (κ3) is 3.18. The minimum Gasteiger partial charge on any atom is -0.504 e. The summed E-state index contributed by atoms with van der Waals surface area (Å²) in [6.45, 7) is 0. The van der Waals surface area contributed by atoms with Crippen LogP contribution in [-0.4, -0.2) is 41.8 Å². The molecule has 108 valence electrons. The molecule has 0 saturated carbocycles. The Morgan fingerprint density at radius 2 is 1.67 bits per heavy atom. The fourth-order valence-corrected chi connectivity index (χ4v) is 1.52. The number of benzene rings is 2. The van der Waals surface area contributed by atoms with Crippen molar-refractivity contribution in [3.05, 3.63) is 42.0 Å². The van der Waals surface area contributed by atoms with Gasteiger partial charge in [0.05, 0.1) is 11.1 Å². The van der Waals surface area contributed by atoms with E-state index in [1.165, 1.54) is 0 Å². The third-order valence-electron chi connectivity index (χ3n) is 2.55. The smallest absolute Gasteiger partial charge is 0.335 e. The van der Waals surface area contributed by atoms with Gasteiger partial charge in [-0.05, 0) is 24.3 Å². The molecule has 1 heterocycles. The Kier molecular flexibility index (Phi) is 3.89. The van der Waals surface area contributed by atoms with E-state index in [9.17, 15) is 4.79 Å². The van der Waals surface area contributed by atoms with Crippen LogP contribution in [0.15, 0.2) is 36.4 Å². The standard InChI is InChI=1S/C7H6O5.C6H5N3/c8-4-1-3(7(11)12)2-5(9)6(4)10;1-2-4-6-5(3-1)7-9-8-6/h1-2,8-10H,(H,11,12);1-4H,(H,7,8,9). The van der Waals surface area contributed by atoms with Gasteiger partial charge in [0, 0.05) is 0 Å². The molecule has 0 fully saturated rings. The molecule has 3 aromatic rings. The van der Waals surface area contributed by atoms with Crippen LogP contribution in [0.3, 0.4) is 0 Å². The average Bonchev–Trinajstić information content (AvgIpc) is 2.93. The number of para-hydroxylation sites is 1. The molecule has 0 spiro atoms. The number of aromatic hydroxyl groups is 3. The lowest BCUT2D eigenvalue weighted by Crippen LogP contribution is -1.95. The largest absolute Gasteiger partial charge is 0.504 e. The van der Waals surface area contributed by atoms with Crippen LogP contribution in [0.2, 0.25) is 0 Å². The first kappa shape index (κ1) is 14.1. The lowest BCUT2D eigenvalue weighted by atomic mass is 10.2. The molecule has 0 aliphatic rings. The van der Waals surface area contributed by atoms with Crippen molar-refractivity contribution in [3.63, 3.8) is 0 Å². The maximum absolute atomic E-state index is 10.3. The van der Waals surface area contributed by atoms with Crippen LogP contribution in [-0.2, 0) is 0 Å². The normalized spacial score (nSPS) is 9.90. The number of nitrogens with zero attached hydrogens (tertiary/aromatic N) is 2. The predicted molar refractivity (Wildman–Crippen MR) is 72.3 cm³/mol. The van der Waals surface area contributed by atoms with Crippen molar-refractivity contribution >= 4 is 17.0 Å². The van der Waals surface area contributed by atoms with E-state index < -0.39 is 23.2 Å². The van der Waals surface area contributed by atoms with Gasteiger partial charge in [0.25, 0.3) is 0 Å². The molecule has 0 aliphatic heterocycles. The Labute approximate surface area is 117 Å². The van der Waals surface area contributed by atoms with Crippen molar-refractivity contribution in [1.82, 2.24) is 15.4 Å². The number of rotatable bonds is 1. The van der Waals surface area contributed by atoms with Crippen molar-refractivity contribution < 1.29 is 25.2 Å². The molecule has 21 heavy (non-hydrogen) atoms. The van der Waals surface area contributed by atoms with Gasteiger partial charge in [-0.25, -0.2) is 4.79 Å². The van der Waals surface area contributed by atoms with Crippen LogP contribution in [0.5, 0.6) is 17.2 Å². The number of aromatic amines is 1. The monoisotopic (exact) mass is 289 g/mol. The highest BCUT2D eigenvalue weighted by Gasteiger charge is 2.11. The number of carboxylic acid groups (broad SMARTS) is 1. The minimum absolute atomic E-state index is 0.289. The van der Waals surface area contributed by atoms with Gasteiger partial charge in [-0.2, -0.15) is 0 Å². The zero-order valence-electron chi connectivity index (χ0n) is 10.6. The molecule has 8 nitrogen and oxygen atoms in total. The second-order valence-electron chi connectivity index (χ2n) is 4.00. The molecule has 5 N–H and O–H groups in total. The predicted octanol–water partition coefficient (Wildman–Crippen LogP) is 1.46. The number of fused-ring (bicyclic) bond motifs is 1. The van der Waals surface area contributed by atoms with Crippen LogP contribution in [0.25, 0.3) is 11.0 Å². The fourth-order valence-electron chi connectivity index (χ4n) is 1.52. The van der Waals surface area contributed by atoms with Gasteiger partial charge in [-0.1, -0.05) is 17.3 Å². The molecular formula is C13H11N3O5. The molecule has 3 rings (SSSR count). The van der Waals surface area contributed by atoms with E-state index in [1.54, 1.807) is 0 Å². The van der Waals surface area contributed by atoms with E-state index in [0.29, 0.717) is 0 Å². The van der Waals surface area contributed by atoms with E-state index in [4.69, 9.17) is 20.4 Å². The number of carboxylic acids is 1. The SMILES string of the molecule is O=C(O)c1cc(O)c(O)c(O)c1.c1ccc2[nH]nnc2c1. The van der Waals surface area contributed by atoms with Crippen LogP contribution in [0.1, 0.15) is 10.4 Å². The topological polar surface area (TPSA) is 140 Å². The molecule has 0 bridgehead atoms. The molecule has 1 aromatic heterocycles. The highest BCUT2D eigenvalue weighted by Crippen LogP contribution is 2.35. The number of H-pyrrole nitrogens is 1. The van der Waals surface area contributed by atoms with Gasteiger partial charge in [0.2, 0.25) is 0 Å². The molecule has 0 atom stereocenters. The van der Waals surface area contributed by atoms with Crippen molar-refractivity contribution in [3.8, 4) is 17.2 Å². The van der Waals surface area contributed by atoms with Crippen molar-refractivity contribution in [2.24, 2.45) is 0 Å². The molecule has 0 amide bonds. The number of phenolic OH excluding ortho intramolecular Hbond substituents is 3. The summed E-state index contributed by atoms with van der Waals surface area (Å²) < 4.78 is 0.